The Balaban J connectivity index is 1.85. The quantitative estimate of drug-likeness (QED) is 0.630. The summed E-state index contributed by atoms with van der Waals surface area (Å²) in [6.07, 6.45) is 0. The summed E-state index contributed by atoms with van der Waals surface area (Å²) in [6.45, 7) is 2.50. The molecule has 3 aromatic rings. The highest BCUT2D eigenvalue weighted by Gasteiger charge is 2.15. The van der Waals surface area contributed by atoms with Gasteiger partial charge >= 0.3 is 0 Å². The minimum atomic E-state index is 0.548. The molecular formula is C12H11ClN6OS2. The molecule has 0 aliphatic carbocycles. The van der Waals surface area contributed by atoms with Crippen LogP contribution in [-0.4, -0.2) is 36.4 Å². The summed E-state index contributed by atoms with van der Waals surface area (Å²) in [5.74, 6) is 1.28. The maximum absolute atomic E-state index is 6.00. The number of ether oxygens (including phenoxy) is 1. The van der Waals surface area contributed by atoms with Crippen LogP contribution in [0.25, 0.3) is 5.69 Å². The third-order valence-corrected chi connectivity index (χ3v) is 4.60. The van der Waals surface area contributed by atoms with E-state index in [0.29, 0.717) is 21.9 Å². The first kappa shape index (κ1) is 15.2. The lowest BCUT2D eigenvalue weighted by atomic mass is 10.3. The highest BCUT2D eigenvalue weighted by molar-refractivity contribution is 7.98. The van der Waals surface area contributed by atoms with Crippen LogP contribution in [0.1, 0.15) is 12.6 Å². The molecule has 0 saturated carbocycles. The highest BCUT2D eigenvalue weighted by atomic mass is 35.5. The fraction of sp³-hybridized carbons (Fsp3) is 0.250. The Morgan fingerprint density at radius 3 is 2.95 bits per heavy atom. The standard InChI is InChI=1S/C12H11ClN6OS2/c1-2-20-10-6-4-3-5-9(10)19-12(15-16-17-19)21-7-8-11(13)22-18-14-8/h3-6H,2,7H2,1H3. The van der Waals surface area contributed by atoms with Gasteiger partial charge in [-0.25, -0.2) is 0 Å². The summed E-state index contributed by atoms with van der Waals surface area (Å²) in [5.41, 5.74) is 1.52. The second kappa shape index (κ2) is 7.03. The Hall–Kier alpha value is -1.71. The zero-order chi connectivity index (χ0) is 15.4. The van der Waals surface area contributed by atoms with Gasteiger partial charge < -0.3 is 4.74 Å². The zero-order valence-corrected chi connectivity index (χ0v) is 13.9. The average Bonchev–Trinajstić information content (AvgIpc) is 3.15. The monoisotopic (exact) mass is 354 g/mol. The number of hydrogen-bond donors (Lipinski definition) is 0. The molecule has 0 saturated heterocycles. The molecule has 0 fully saturated rings. The van der Waals surface area contributed by atoms with E-state index in [1.165, 1.54) is 11.8 Å². The summed E-state index contributed by atoms with van der Waals surface area (Å²) in [4.78, 5) is 0. The van der Waals surface area contributed by atoms with E-state index in [0.717, 1.165) is 28.7 Å². The van der Waals surface area contributed by atoms with Gasteiger partial charge in [0.05, 0.1) is 6.61 Å². The zero-order valence-electron chi connectivity index (χ0n) is 11.5. The van der Waals surface area contributed by atoms with Crippen LogP contribution in [0.15, 0.2) is 29.4 Å². The summed E-state index contributed by atoms with van der Waals surface area (Å²) < 4.78 is 11.7. The molecule has 0 atom stereocenters. The van der Waals surface area contributed by atoms with Gasteiger partial charge in [-0.3, -0.25) is 0 Å². The Morgan fingerprint density at radius 1 is 1.32 bits per heavy atom. The maximum Gasteiger partial charge on any atom is 0.214 e. The molecule has 0 aliphatic heterocycles. The summed E-state index contributed by atoms with van der Waals surface area (Å²) >= 11 is 8.61. The van der Waals surface area contributed by atoms with Crippen LogP contribution in [-0.2, 0) is 5.75 Å². The molecule has 10 heteroatoms. The fourth-order valence-corrected chi connectivity index (χ4v) is 3.36. The molecule has 0 spiro atoms. The van der Waals surface area contributed by atoms with E-state index in [1.807, 2.05) is 31.2 Å². The molecule has 0 N–H and O–H groups in total. The molecule has 0 aliphatic rings. The Bertz CT molecular complexity index is 761. The van der Waals surface area contributed by atoms with Crippen molar-refractivity contribution in [3.8, 4) is 11.4 Å². The lowest BCUT2D eigenvalue weighted by Gasteiger charge is -2.10. The molecule has 114 valence electrons. The average molecular weight is 355 g/mol. The van der Waals surface area contributed by atoms with E-state index >= 15 is 0 Å². The third-order valence-electron chi connectivity index (χ3n) is 2.68. The molecule has 0 radical (unpaired) electrons. The second-order valence-electron chi connectivity index (χ2n) is 4.06. The Kier molecular flexibility index (Phi) is 4.86. The molecule has 3 rings (SSSR count). The van der Waals surface area contributed by atoms with Crippen LogP contribution >= 0.6 is 34.9 Å². The van der Waals surface area contributed by atoms with Gasteiger partial charge in [-0.15, -0.1) is 10.2 Å². The fourth-order valence-electron chi connectivity index (χ4n) is 1.75. The minimum absolute atomic E-state index is 0.548. The van der Waals surface area contributed by atoms with Crippen molar-refractivity contribution < 1.29 is 4.74 Å². The predicted octanol–water partition coefficient (Wildman–Crippen LogP) is 2.86. The van der Waals surface area contributed by atoms with Gasteiger partial charge in [-0.2, -0.15) is 4.68 Å². The molecule has 0 bridgehead atoms. The van der Waals surface area contributed by atoms with Crippen LogP contribution < -0.4 is 4.74 Å². The van der Waals surface area contributed by atoms with Gasteiger partial charge in [0.15, 0.2) is 0 Å². The molecule has 0 unspecified atom stereocenters. The molecule has 22 heavy (non-hydrogen) atoms. The van der Waals surface area contributed by atoms with Gasteiger partial charge in [-0.1, -0.05) is 40.0 Å². The number of thioether (sulfide) groups is 1. The normalized spacial score (nSPS) is 10.8. The van der Waals surface area contributed by atoms with Crippen molar-refractivity contribution in [3.63, 3.8) is 0 Å². The topological polar surface area (TPSA) is 78.6 Å². The number of para-hydroxylation sites is 2. The van der Waals surface area contributed by atoms with E-state index in [2.05, 4.69) is 25.1 Å². The van der Waals surface area contributed by atoms with Crippen LogP contribution in [0, 0.1) is 0 Å². The molecule has 2 aromatic heterocycles. The number of tetrazole rings is 1. The van der Waals surface area contributed by atoms with Crippen molar-refractivity contribution in [2.24, 2.45) is 0 Å². The number of benzene rings is 1. The van der Waals surface area contributed by atoms with E-state index < -0.39 is 0 Å². The first-order valence-electron chi connectivity index (χ1n) is 6.39. The smallest absolute Gasteiger partial charge is 0.214 e. The van der Waals surface area contributed by atoms with Crippen LogP contribution in [0.4, 0.5) is 0 Å². The number of halogens is 1. The molecule has 7 nitrogen and oxygen atoms in total. The Morgan fingerprint density at radius 2 is 2.18 bits per heavy atom. The number of aromatic nitrogens is 6. The predicted molar refractivity (Wildman–Crippen MR) is 84.8 cm³/mol. The lowest BCUT2D eigenvalue weighted by molar-refractivity contribution is 0.337. The van der Waals surface area contributed by atoms with E-state index in [-0.39, 0.29) is 0 Å². The van der Waals surface area contributed by atoms with Crippen LogP contribution in [0.2, 0.25) is 4.34 Å². The van der Waals surface area contributed by atoms with Crippen LogP contribution in [0.5, 0.6) is 5.75 Å². The molecule has 0 amide bonds. The summed E-state index contributed by atoms with van der Waals surface area (Å²) in [5, 5.41) is 16.4. The van der Waals surface area contributed by atoms with Gasteiger partial charge in [0, 0.05) is 17.3 Å². The van der Waals surface area contributed by atoms with E-state index in [1.54, 1.807) is 4.68 Å². The third kappa shape index (κ3) is 3.21. The van der Waals surface area contributed by atoms with Crippen LogP contribution in [0.3, 0.4) is 0 Å². The highest BCUT2D eigenvalue weighted by Crippen LogP contribution is 2.29. The van der Waals surface area contributed by atoms with Crippen molar-refractivity contribution in [2.75, 3.05) is 6.61 Å². The largest absolute Gasteiger partial charge is 0.492 e. The van der Waals surface area contributed by atoms with E-state index in [4.69, 9.17) is 16.3 Å². The summed E-state index contributed by atoms with van der Waals surface area (Å²) in [7, 11) is 0. The molecule has 1 aromatic carbocycles. The first-order valence-corrected chi connectivity index (χ1v) is 8.53. The van der Waals surface area contributed by atoms with Gasteiger partial charge in [0.1, 0.15) is 21.5 Å². The van der Waals surface area contributed by atoms with Crippen molar-refractivity contribution in [2.45, 2.75) is 17.8 Å². The maximum atomic E-state index is 6.00. The minimum Gasteiger partial charge on any atom is -0.492 e. The van der Waals surface area contributed by atoms with Crippen molar-refractivity contribution in [3.05, 3.63) is 34.3 Å². The molecular weight excluding hydrogens is 344 g/mol. The number of rotatable bonds is 6. The van der Waals surface area contributed by atoms with Gasteiger partial charge in [0.25, 0.3) is 0 Å². The van der Waals surface area contributed by atoms with Crippen molar-refractivity contribution in [1.82, 2.24) is 29.8 Å². The lowest BCUT2D eigenvalue weighted by Crippen LogP contribution is -2.03. The SMILES string of the molecule is CCOc1ccccc1-n1nnnc1SCc1nnsc1Cl. The van der Waals surface area contributed by atoms with Crippen molar-refractivity contribution in [1.29, 1.82) is 0 Å². The first-order chi connectivity index (χ1) is 10.8. The van der Waals surface area contributed by atoms with E-state index in [9.17, 15) is 0 Å². The Labute approximate surface area is 139 Å². The number of hydrogen-bond acceptors (Lipinski definition) is 8. The van der Waals surface area contributed by atoms with Crippen molar-refractivity contribution >= 4 is 34.9 Å². The molecule has 2 heterocycles. The second-order valence-corrected chi connectivity index (χ2v) is 6.35. The summed E-state index contributed by atoms with van der Waals surface area (Å²) in [6, 6.07) is 7.61. The number of nitrogens with zero attached hydrogens (tertiary/aromatic N) is 6. The van der Waals surface area contributed by atoms with Gasteiger partial charge in [-0.05, 0) is 29.5 Å². The van der Waals surface area contributed by atoms with Gasteiger partial charge in [0.2, 0.25) is 5.16 Å².